The predicted octanol–water partition coefficient (Wildman–Crippen LogP) is 3.67. The highest BCUT2D eigenvalue weighted by atomic mass is 32.1. The molecule has 0 bridgehead atoms. The fourth-order valence-corrected chi connectivity index (χ4v) is 2.84. The Balaban J connectivity index is 1.82. The molecule has 2 heterocycles. The van der Waals surface area contributed by atoms with Gasteiger partial charge in [0.1, 0.15) is 22.6 Å². The molecule has 0 atom stereocenters. The Kier molecular flexibility index (Phi) is 4.30. The summed E-state index contributed by atoms with van der Waals surface area (Å²) in [7, 11) is 0. The summed E-state index contributed by atoms with van der Waals surface area (Å²) >= 11 is 1.34. The number of aryl methyl sites for hydroxylation is 1. The van der Waals surface area contributed by atoms with Crippen LogP contribution in [0.1, 0.15) is 16.1 Å². The molecule has 0 spiro atoms. The number of thiazole rings is 1. The zero-order chi connectivity index (χ0) is 17.1. The van der Waals surface area contributed by atoms with Gasteiger partial charge >= 0.3 is 5.69 Å². The molecule has 1 aromatic carbocycles. The minimum Gasteiger partial charge on any atom is -0.315 e. The van der Waals surface area contributed by atoms with E-state index in [9.17, 15) is 14.9 Å². The normalized spacial score (nSPS) is 10.4. The third kappa shape index (κ3) is 3.28. The van der Waals surface area contributed by atoms with Gasteiger partial charge in [-0.25, -0.2) is 4.98 Å². The number of nitro groups is 1. The molecule has 0 aliphatic carbocycles. The van der Waals surface area contributed by atoms with Crippen LogP contribution in [-0.4, -0.2) is 20.8 Å². The first kappa shape index (κ1) is 15.8. The lowest BCUT2D eigenvalue weighted by atomic mass is 10.2. The first-order valence-corrected chi connectivity index (χ1v) is 7.85. The van der Waals surface area contributed by atoms with E-state index < -0.39 is 10.8 Å². The van der Waals surface area contributed by atoms with Crippen LogP contribution < -0.4 is 5.32 Å². The molecule has 0 aliphatic rings. The number of anilines is 1. The van der Waals surface area contributed by atoms with Crippen LogP contribution in [-0.2, 0) is 0 Å². The molecule has 0 fully saturated rings. The number of nitrogens with zero attached hydrogens (tertiary/aromatic N) is 3. The van der Waals surface area contributed by atoms with Crippen molar-refractivity contribution in [3.63, 3.8) is 0 Å². The Hall–Kier alpha value is -3.13. The average Bonchev–Trinajstić information content (AvgIpc) is 3.06. The molecular weight excluding hydrogens is 328 g/mol. The van der Waals surface area contributed by atoms with Crippen molar-refractivity contribution in [2.45, 2.75) is 6.92 Å². The Bertz CT molecular complexity index is 906. The van der Waals surface area contributed by atoms with Crippen molar-refractivity contribution >= 4 is 28.6 Å². The highest BCUT2D eigenvalue weighted by Gasteiger charge is 2.18. The second-order valence-corrected chi connectivity index (χ2v) is 5.87. The Morgan fingerprint density at radius 2 is 2.00 bits per heavy atom. The van der Waals surface area contributed by atoms with Crippen LogP contribution in [0.2, 0.25) is 0 Å². The molecule has 2 aromatic heterocycles. The number of hydrogen-bond acceptors (Lipinski definition) is 6. The molecule has 0 unspecified atom stereocenters. The summed E-state index contributed by atoms with van der Waals surface area (Å²) in [6, 6.07) is 9.18. The maximum Gasteiger partial charge on any atom is 0.310 e. The average molecular weight is 340 g/mol. The number of hydrogen-bond donors (Lipinski definition) is 1. The number of benzene rings is 1. The number of rotatable bonds is 4. The van der Waals surface area contributed by atoms with Crippen LogP contribution in [0.25, 0.3) is 10.6 Å². The summed E-state index contributed by atoms with van der Waals surface area (Å²) in [5.74, 6) is -0.501. The van der Waals surface area contributed by atoms with E-state index in [1.807, 2.05) is 31.2 Å². The van der Waals surface area contributed by atoms with Crippen LogP contribution in [0, 0.1) is 17.0 Å². The van der Waals surface area contributed by atoms with Gasteiger partial charge in [0, 0.05) is 17.1 Å². The van der Waals surface area contributed by atoms with Crippen molar-refractivity contribution in [2.24, 2.45) is 0 Å². The molecule has 3 aromatic rings. The van der Waals surface area contributed by atoms with Crippen LogP contribution in [0.3, 0.4) is 0 Å². The summed E-state index contributed by atoms with van der Waals surface area (Å²) in [6.07, 6.45) is 2.47. The minimum atomic E-state index is -0.596. The highest BCUT2D eigenvalue weighted by molar-refractivity contribution is 7.13. The number of pyridine rings is 1. The zero-order valence-corrected chi connectivity index (χ0v) is 13.4. The molecular formula is C16H12N4O3S. The van der Waals surface area contributed by atoms with Crippen molar-refractivity contribution in [1.82, 2.24) is 9.97 Å². The van der Waals surface area contributed by atoms with E-state index in [2.05, 4.69) is 15.3 Å². The second-order valence-electron chi connectivity index (χ2n) is 5.01. The van der Waals surface area contributed by atoms with Crippen LogP contribution in [0.4, 0.5) is 11.4 Å². The van der Waals surface area contributed by atoms with Crippen molar-refractivity contribution < 1.29 is 9.72 Å². The summed E-state index contributed by atoms with van der Waals surface area (Å²) in [5.41, 5.74) is 2.09. The lowest BCUT2D eigenvalue weighted by molar-refractivity contribution is -0.384. The van der Waals surface area contributed by atoms with Crippen LogP contribution in [0.15, 0.2) is 48.1 Å². The van der Waals surface area contributed by atoms with Gasteiger partial charge in [-0.05, 0) is 13.0 Å². The monoisotopic (exact) mass is 340 g/mol. The molecule has 0 aliphatic heterocycles. The van der Waals surface area contributed by atoms with Crippen molar-refractivity contribution in [3.8, 4) is 10.6 Å². The van der Waals surface area contributed by atoms with Gasteiger partial charge in [0.05, 0.1) is 4.92 Å². The van der Waals surface area contributed by atoms with Gasteiger partial charge in [0.15, 0.2) is 0 Å². The van der Waals surface area contributed by atoms with Crippen molar-refractivity contribution in [3.05, 3.63) is 69.5 Å². The number of aromatic nitrogens is 2. The Morgan fingerprint density at radius 1 is 1.25 bits per heavy atom. The minimum absolute atomic E-state index is 0.0879. The maximum atomic E-state index is 12.3. The predicted molar refractivity (Wildman–Crippen MR) is 91.1 cm³/mol. The van der Waals surface area contributed by atoms with Crippen molar-refractivity contribution in [1.29, 1.82) is 0 Å². The zero-order valence-electron chi connectivity index (χ0n) is 12.6. The standard InChI is InChI=1S/C16H12N4O3S/c1-10-2-4-11(5-3-10)16-19-13(9-24-16)15(21)18-12-6-7-17-8-14(12)20(22)23/h2-9H,1H3,(H,17,18,21). The summed E-state index contributed by atoms with van der Waals surface area (Å²) in [4.78, 5) is 30.6. The van der Waals surface area contributed by atoms with Gasteiger partial charge in [-0.15, -0.1) is 11.3 Å². The van der Waals surface area contributed by atoms with Gasteiger partial charge in [-0.3, -0.25) is 19.9 Å². The van der Waals surface area contributed by atoms with Crippen LogP contribution >= 0.6 is 11.3 Å². The van der Waals surface area contributed by atoms with Crippen molar-refractivity contribution in [2.75, 3.05) is 5.32 Å². The molecule has 1 amide bonds. The largest absolute Gasteiger partial charge is 0.315 e. The maximum absolute atomic E-state index is 12.3. The molecule has 0 saturated heterocycles. The molecule has 24 heavy (non-hydrogen) atoms. The Labute approximate surface area is 141 Å². The molecule has 1 N–H and O–H groups in total. The topological polar surface area (TPSA) is 98.0 Å². The lowest BCUT2D eigenvalue weighted by Gasteiger charge is -2.03. The Morgan fingerprint density at radius 3 is 2.71 bits per heavy atom. The third-order valence-corrected chi connectivity index (χ3v) is 4.17. The summed E-state index contributed by atoms with van der Waals surface area (Å²) in [6.45, 7) is 1.99. The van der Waals surface area contributed by atoms with Crippen LogP contribution in [0.5, 0.6) is 0 Å². The van der Waals surface area contributed by atoms with Gasteiger partial charge in [-0.2, -0.15) is 0 Å². The number of carbonyl (C=O) groups excluding carboxylic acids is 1. The first-order valence-electron chi connectivity index (χ1n) is 6.97. The van der Waals surface area contributed by atoms with Gasteiger partial charge in [0.2, 0.25) is 0 Å². The third-order valence-electron chi connectivity index (χ3n) is 3.28. The first-order chi connectivity index (χ1) is 11.5. The molecule has 7 nitrogen and oxygen atoms in total. The SMILES string of the molecule is Cc1ccc(-c2nc(C(=O)Nc3ccncc3[N+](=O)[O-])cs2)cc1. The molecule has 0 radical (unpaired) electrons. The molecule has 0 saturated carbocycles. The van der Waals surface area contributed by atoms with E-state index in [0.29, 0.717) is 5.01 Å². The van der Waals surface area contributed by atoms with E-state index >= 15 is 0 Å². The fraction of sp³-hybridized carbons (Fsp3) is 0.0625. The van der Waals surface area contributed by atoms with E-state index in [-0.39, 0.29) is 17.1 Å². The van der Waals surface area contributed by atoms with Gasteiger partial charge in [-0.1, -0.05) is 29.8 Å². The van der Waals surface area contributed by atoms with E-state index in [4.69, 9.17) is 0 Å². The number of carbonyl (C=O) groups is 1. The lowest BCUT2D eigenvalue weighted by Crippen LogP contribution is -2.13. The fourth-order valence-electron chi connectivity index (χ4n) is 2.03. The smallest absolute Gasteiger partial charge is 0.310 e. The van der Waals surface area contributed by atoms with E-state index in [0.717, 1.165) is 17.3 Å². The second kappa shape index (κ2) is 6.55. The molecule has 3 rings (SSSR count). The summed E-state index contributed by atoms with van der Waals surface area (Å²) < 4.78 is 0. The summed E-state index contributed by atoms with van der Waals surface area (Å²) in [5, 5.41) is 15.8. The number of nitrogens with one attached hydrogen (secondary N) is 1. The quantitative estimate of drug-likeness (QED) is 0.577. The van der Waals surface area contributed by atoms with E-state index in [1.165, 1.54) is 23.6 Å². The molecule has 120 valence electrons. The number of amides is 1. The molecule has 8 heteroatoms. The van der Waals surface area contributed by atoms with Gasteiger partial charge < -0.3 is 5.32 Å². The van der Waals surface area contributed by atoms with E-state index in [1.54, 1.807) is 5.38 Å². The highest BCUT2D eigenvalue weighted by Crippen LogP contribution is 2.26. The van der Waals surface area contributed by atoms with Gasteiger partial charge in [0.25, 0.3) is 5.91 Å².